The molecule has 9 atom stereocenters. The Labute approximate surface area is 153 Å². The van der Waals surface area contributed by atoms with Crippen molar-refractivity contribution in [3.8, 4) is 0 Å². The van der Waals surface area contributed by atoms with Crippen LogP contribution in [0, 0.1) is 34.0 Å². The molecule has 0 aromatic rings. The van der Waals surface area contributed by atoms with Crippen LogP contribution < -0.4 is 0 Å². The van der Waals surface area contributed by atoms with Crippen molar-refractivity contribution in [1.82, 2.24) is 0 Å². The Morgan fingerprint density at radius 3 is 2.12 bits per heavy atom. The smallest absolute Gasteiger partial charge is 0.0958 e. The first-order valence-electron chi connectivity index (χ1n) is 10.7. The fraction of sp³-hybridized carbons (Fsp3) is 1.00. The van der Waals surface area contributed by atoms with Crippen molar-refractivity contribution < 1.29 is 15.3 Å². The average molecular weight is 351 g/mol. The molecule has 3 heteroatoms. The van der Waals surface area contributed by atoms with E-state index < -0.39 is 11.7 Å². The van der Waals surface area contributed by atoms with Gasteiger partial charge in [-0.1, -0.05) is 20.8 Å². The molecule has 0 unspecified atom stereocenters. The summed E-state index contributed by atoms with van der Waals surface area (Å²) in [6, 6.07) is 0. The lowest BCUT2D eigenvalue weighted by molar-refractivity contribution is -0.203. The monoisotopic (exact) mass is 350 g/mol. The van der Waals surface area contributed by atoms with E-state index in [1.165, 1.54) is 19.3 Å². The van der Waals surface area contributed by atoms with Gasteiger partial charge in [0.1, 0.15) is 0 Å². The van der Waals surface area contributed by atoms with Crippen LogP contribution in [0.25, 0.3) is 0 Å². The van der Waals surface area contributed by atoms with Crippen LogP contribution in [-0.4, -0.2) is 33.1 Å². The SMILES string of the molecule is C[C@H](O)[C@@]1(O)CC[C@@H]2[C@H]3CC[C@@]4(C)C[C@H](O)CC[C@]4(C)[C@@H]3CC[C@@]21C. The van der Waals surface area contributed by atoms with Gasteiger partial charge in [-0.05, 0) is 93.3 Å². The fourth-order valence-corrected chi connectivity index (χ4v) is 8.35. The van der Waals surface area contributed by atoms with E-state index in [4.69, 9.17) is 0 Å². The predicted molar refractivity (Wildman–Crippen MR) is 99.0 cm³/mol. The molecule has 4 saturated carbocycles. The molecule has 0 saturated heterocycles. The molecular formula is C22H38O3. The molecule has 3 N–H and O–H groups in total. The number of fused-ring (bicyclic) bond motifs is 5. The summed E-state index contributed by atoms with van der Waals surface area (Å²) in [5.74, 6) is 1.94. The molecule has 0 bridgehead atoms. The van der Waals surface area contributed by atoms with Crippen molar-refractivity contribution in [3.63, 3.8) is 0 Å². The van der Waals surface area contributed by atoms with E-state index in [0.29, 0.717) is 23.2 Å². The Bertz CT molecular complexity index is 547. The van der Waals surface area contributed by atoms with Crippen LogP contribution in [0.1, 0.15) is 85.5 Å². The van der Waals surface area contributed by atoms with E-state index in [2.05, 4.69) is 20.8 Å². The molecule has 3 nitrogen and oxygen atoms in total. The standard InChI is InChI=1S/C22H38O3/c1-14(23)22(25)12-8-18-16-6-9-19(2)13-15(24)5-10-20(19,3)17(16)7-11-21(18,22)4/h14-18,23-25H,5-13H2,1-4H3/t14-,15+,16-,17+,18+,19-,20+,21-,22-/m0/s1. The van der Waals surface area contributed by atoms with E-state index in [0.717, 1.165) is 38.5 Å². The predicted octanol–water partition coefficient (Wildman–Crippen LogP) is 3.89. The number of hydrogen-bond acceptors (Lipinski definition) is 3. The van der Waals surface area contributed by atoms with Gasteiger partial charge in [0, 0.05) is 5.41 Å². The molecule has 25 heavy (non-hydrogen) atoms. The quantitative estimate of drug-likeness (QED) is 0.672. The van der Waals surface area contributed by atoms with Crippen molar-refractivity contribution in [1.29, 1.82) is 0 Å². The third kappa shape index (κ3) is 2.15. The van der Waals surface area contributed by atoms with Gasteiger partial charge in [-0.25, -0.2) is 0 Å². The minimum Gasteiger partial charge on any atom is -0.393 e. The summed E-state index contributed by atoms with van der Waals surface area (Å²) < 4.78 is 0. The first-order valence-corrected chi connectivity index (χ1v) is 10.7. The van der Waals surface area contributed by atoms with Crippen molar-refractivity contribution in [2.24, 2.45) is 34.0 Å². The van der Waals surface area contributed by atoms with Crippen LogP contribution in [-0.2, 0) is 0 Å². The molecular weight excluding hydrogens is 312 g/mol. The Hall–Kier alpha value is -0.120. The first-order chi connectivity index (χ1) is 11.6. The van der Waals surface area contributed by atoms with Gasteiger partial charge < -0.3 is 15.3 Å². The minimum absolute atomic E-state index is 0.115. The zero-order valence-electron chi connectivity index (χ0n) is 16.6. The molecule has 4 rings (SSSR count). The molecule has 0 amide bonds. The number of hydrogen-bond donors (Lipinski definition) is 3. The summed E-state index contributed by atoms with van der Waals surface area (Å²) in [7, 11) is 0. The summed E-state index contributed by atoms with van der Waals surface area (Å²) in [6.45, 7) is 8.98. The minimum atomic E-state index is -0.910. The first kappa shape index (κ1) is 18.3. The van der Waals surface area contributed by atoms with Gasteiger partial charge in [-0.3, -0.25) is 0 Å². The maximum absolute atomic E-state index is 11.3. The van der Waals surface area contributed by atoms with Gasteiger partial charge >= 0.3 is 0 Å². The number of aliphatic hydroxyl groups excluding tert-OH is 2. The second-order valence-corrected chi connectivity index (χ2v) is 10.9. The summed E-state index contributed by atoms with van der Waals surface area (Å²) in [5.41, 5.74) is -0.464. The van der Waals surface area contributed by atoms with Crippen molar-refractivity contribution >= 4 is 0 Å². The van der Waals surface area contributed by atoms with Gasteiger partial charge in [-0.2, -0.15) is 0 Å². The lowest BCUT2D eigenvalue weighted by Gasteiger charge is -2.65. The lowest BCUT2D eigenvalue weighted by atomic mass is 9.40. The molecule has 4 fully saturated rings. The number of aliphatic hydroxyl groups is 3. The lowest BCUT2D eigenvalue weighted by Crippen LogP contribution is -2.61. The van der Waals surface area contributed by atoms with Gasteiger partial charge in [0.25, 0.3) is 0 Å². The van der Waals surface area contributed by atoms with Crippen LogP contribution in [0.3, 0.4) is 0 Å². The molecule has 0 aromatic heterocycles. The summed E-state index contributed by atoms with van der Waals surface area (Å²) in [6.07, 6.45) is 8.78. The highest BCUT2D eigenvalue weighted by Gasteiger charge is 2.67. The van der Waals surface area contributed by atoms with Crippen LogP contribution in [0.4, 0.5) is 0 Å². The van der Waals surface area contributed by atoms with Gasteiger partial charge in [0.05, 0.1) is 17.8 Å². The zero-order chi connectivity index (χ0) is 18.3. The third-order valence-corrected chi connectivity index (χ3v) is 10.3. The Balaban J connectivity index is 1.67. The van der Waals surface area contributed by atoms with Gasteiger partial charge in [-0.15, -0.1) is 0 Å². The molecule has 144 valence electrons. The van der Waals surface area contributed by atoms with E-state index >= 15 is 0 Å². The maximum atomic E-state index is 11.3. The molecule has 0 heterocycles. The summed E-state index contributed by atoms with van der Waals surface area (Å²) >= 11 is 0. The van der Waals surface area contributed by atoms with Crippen molar-refractivity contribution in [2.75, 3.05) is 0 Å². The van der Waals surface area contributed by atoms with Crippen molar-refractivity contribution in [2.45, 2.75) is 103 Å². The molecule has 0 aliphatic heterocycles. The maximum Gasteiger partial charge on any atom is 0.0958 e. The van der Waals surface area contributed by atoms with Crippen molar-refractivity contribution in [3.05, 3.63) is 0 Å². The van der Waals surface area contributed by atoms with Crippen LogP contribution in [0.2, 0.25) is 0 Å². The number of rotatable bonds is 1. The van der Waals surface area contributed by atoms with Gasteiger partial charge in [0.2, 0.25) is 0 Å². The molecule has 4 aliphatic carbocycles. The van der Waals surface area contributed by atoms with Gasteiger partial charge in [0.15, 0.2) is 0 Å². The Morgan fingerprint density at radius 2 is 1.44 bits per heavy atom. The van der Waals surface area contributed by atoms with E-state index in [9.17, 15) is 15.3 Å². The Kier molecular flexibility index (Phi) is 3.98. The van der Waals surface area contributed by atoms with Crippen LogP contribution in [0.5, 0.6) is 0 Å². The van der Waals surface area contributed by atoms with Crippen LogP contribution in [0.15, 0.2) is 0 Å². The van der Waals surface area contributed by atoms with Crippen LogP contribution >= 0.6 is 0 Å². The summed E-state index contributed by atoms with van der Waals surface area (Å²) in [4.78, 5) is 0. The molecule has 0 radical (unpaired) electrons. The fourth-order valence-electron chi connectivity index (χ4n) is 8.35. The zero-order valence-corrected chi connectivity index (χ0v) is 16.6. The van der Waals surface area contributed by atoms with E-state index in [1.807, 2.05) is 0 Å². The summed E-state index contributed by atoms with van der Waals surface area (Å²) in [5, 5.41) is 31.9. The highest BCUT2D eigenvalue weighted by atomic mass is 16.3. The second-order valence-electron chi connectivity index (χ2n) is 10.9. The molecule has 4 aliphatic rings. The molecule has 0 aromatic carbocycles. The second kappa shape index (κ2) is 5.45. The largest absolute Gasteiger partial charge is 0.393 e. The van der Waals surface area contributed by atoms with E-state index in [1.54, 1.807) is 6.92 Å². The Morgan fingerprint density at radius 1 is 0.840 bits per heavy atom. The van der Waals surface area contributed by atoms with E-state index in [-0.39, 0.29) is 16.9 Å². The highest BCUT2D eigenvalue weighted by Crippen LogP contribution is 2.71. The third-order valence-electron chi connectivity index (χ3n) is 10.3. The topological polar surface area (TPSA) is 60.7 Å². The average Bonchev–Trinajstić information content (AvgIpc) is 2.82. The highest BCUT2D eigenvalue weighted by molar-refractivity contribution is 5.16. The normalized spacial score (nSPS) is 59.6. The molecule has 0 spiro atoms.